The van der Waals surface area contributed by atoms with E-state index in [1.807, 2.05) is 66.7 Å². The number of hydrogen-bond donors (Lipinski definition) is 1. The van der Waals surface area contributed by atoms with Gasteiger partial charge in [-0.2, -0.15) is 0 Å². The Morgan fingerprint density at radius 3 is 1.67 bits per heavy atom. The van der Waals surface area contributed by atoms with Crippen molar-refractivity contribution in [3.63, 3.8) is 0 Å². The first-order chi connectivity index (χ1) is 25.7. The molecule has 0 unspecified atom stereocenters. The maximum absolute atomic E-state index is 11.6. The van der Waals surface area contributed by atoms with Crippen molar-refractivity contribution < 1.29 is 9.52 Å². The van der Waals surface area contributed by atoms with E-state index in [9.17, 15) is 5.11 Å². The summed E-state index contributed by atoms with van der Waals surface area (Å²) in [7, 11) is 0. The summed E-state index contributed by atoms with van der Waals surface area (Å²) in [5.41, 5.74) is 7.56. The molecule has 0 radical (unpaired) electrons. The van der Waals surface area contributed by atoms with Crippen LogP contribution >= 0.6 is 0 Å². The fourth-order valence-corrected chi connectivity index (χ4v) is 7.26. The number of benzene rings is 8. The Morgan fingerprint density at radius 1 is 0.385 bits per heavy atom. The number of para-hydroxylation sites is 2. The molecule has 0 aliphatic carbocycles. The Balaban J connectivity index is 1.16. The predicted octanol–water partition coefficient (Wildman–Crippen LogP) is 12.1. The fourth-order valence-electron chi connectivity index (χ4n) is 7.26. The highest BCUT2D eigenvalue weighted by molar-refractivity contribution is 6.09. The average Bonchev–Trinajstić information content (AvgIpc) is 3.59. The number of aromatic hydroxyl groups is 1. The molecular weight excluding hydrogens is 639 g/mol. The number of aromatic nitrogens is 3. The van der Waals surface area contributed by atoms with Crippen LogP contribution in [0.1, 0.15) is 0 Å². The van der Waals surface area contributed by atoms with Crippen LogP contribution in [0, 0.1) is 0 Å². The quantitative estimate of drug-likeness (QED) is 0.198. The lowest BCUT2D eigenvalue weighted by Gasteiger charge is -2.14. The summed E-state index contributed by atoms with van der Waals surface area (Å²) in [6.07, 6.45) is 0. The van der Waals surface area contributed by atoms with E-state index < -0.39 is 0 Å². The highest BCUT2D eigenvalue weighted by atomic mass is 16.3. The molecule has 0 aliphatic heterocycles. The molecule has 0 amide bonds. The van der Waals surface area contributed by atoms with Crippen LogP contribution in [0.25, 0.3) is 99.9 Å². The number of hydrogen-bond acceptors (Lipinski definition) is 5. The van der Waals surface area contributed by atoms with E-state index in [0.717, 1.165) is 71.3 Å². The molecule has 244 valence electrons. The lowest BCUT2D eigenvalue weighted by atomic mass is 9.94. The molecule has 5 nitrogen and oxygen atoms in total. The van der Waals surface area contributed by atoms with Crippen LogP contribution in [0.5, 0.6) is 5.75 Å². The topological polar surface area (TPSA) is 72.0 Å². The molecule has 2 aromatic heterocycles. The summed E-state index contributed by atoms with van der Waals surface area (Å²) in [5, 5.41) is 18.2. The van der Waals surface area contributed by atoms with Gasteiger partial charge in [-0.05, 0) is 63.0 Å². The number of phenols is 1. The van der Waals surface area contributed by atoms with Gasteiger partial charge in [-0.1, -0.05) is 140 Å². The van der Waals surface area contributed by atoms with Gasteiger partial charge in [-0.15, -0.1) is 0 Å². The zero-order valence-corrected chi connectivity index (χ0v) is 27.9. The number of nitrogens with zero attached hydrogens (tertiary/aromatic N) is 3. The van der Waals surface area contributed by atoms with E-state index in [1.165, 1.54) is 0 Å². The minimum absolute atomic E-state index is 0.136. The molecule has 0 bridgehead atoms. The lowest BCUT2D eigenvalue weighted by molar-refractivity contribution is 0.477. The normalized spacial score (nSPS) is 11.5. The van der Waals surface area contributed by atoms with Crippen LogP contribution in [0.2, 0.25) is 0 Å². The van der Waals surface area contributed by atoms with E-state index in [4.69, 9.17) is 19.4 Å². The zero-order valence-electron chi connectivity index (χ0n) is 27.9. The molecule has 10 aromatic rings. The van der Waals surface area contributed by atoms with Crippen LogP contribution < -0.4 is 0 Å². The monoisotopic (exact) mass is 667 g/mol. The number of phenolic OH excluding ortho intramolecular Hbond substituents is 1. The predicted molar refractivity (Wildman–Crippen MR) is 211 cm³/mol. The molecule has 0 aliphatic rings. The van der Waals surface area contributed by atoms with Crippen LogP contribution in [0.15, 0.2) is 174 Å². The second kappa shape index (κ2) is 12.0. The van der Waals surface area contributed by atoms with Crippen LogP contribution in [-0.4, -0.2) is 20.1 Å². The molecule has 8 aromatic carbocycles. The maximum atomic E-state index is 11.6. The van der Waals surface area contributed by atoms with E-state index in [2.05, 4.69) is 97.1 Å². The Kier molecular flexibility index (Phi) is 6.89. The number of furan rings is 1. The number of fused-ring (bicyclic) bond motifs is 5. The average molecular weight is 668 g/mol. The summed E-state index contributed by atoms with van der Waals surface area (Å²) < 4.78 is 6.39. The molecule has 0 spiro atoms. The van der Waals surface area contributed by atoms with Crippen LogP contribution in [0.4, 0.5) is 0 Å². The Hall–Kier alpha value is -7.11. The third kappa shape index (κ3) is 5.07. The Bertz CT molecular complexity index is 2900. The molecule has 10 rings (SSSR count). The van der Waals surface area contributed by atoms with Crippen molar-refractivity contribution in [1.82, 2.24) is 15.0 Å². The first-order valence-corrected chi connectivity index (χ1v) is 17.2. The van der Waals surface area contributed by atoms with Crippen molar-refractivity contribution in [3.05, 3.63) is 170 Å². The third-order valence-corrected chi connectivity index (χ3v) is 9.80. The van der Waals surface area contributed by atoms with E-state index in [0.29, 0.717) is 28.6 Å². The zero-order chi connectivity index (χ0) is 34.6. The minimum Gasteiger partial charge on any atom is -0.507 e. The summed E-state index contributed by atoms with van der Waals surface area (Å²) >= 11 is 0. The Morgan fingerprint density at radius 2 is 0.942 bits per heavy atom. The summed E-state index contributed by atoms with van der Waals surface area (Å²) in [5.74, 6) is 1.71. The van der Waals surface area contributed by atoms with Gasteiger partial charge in [0.2, 0.25) is 0 Å². The van der Waals surface area contributed by atoms with E-state index in [-0.39, 0.29) is 5.75 Å². The number of rotatable bonds is 5. The van der Waals surface area contributed by atoms with Crippen molar-refractivity contribution >= 4 is 43.5 Å². The Labute approximate surface area is 299 Å². The van der Waals surface area contributed by atoms with Gasteiger partial charge in [0.15, 0.2) is 17.5 Å². The van der Waals surface area contributed by atoms with Crippen molar-refractivity contribution in [1.29, 1.82) is 0 Å². The van der Waals surface area contributed by atoms with Gasteiger partial charge in [0.1, 0.15) is 16.9 Å². The van der Waals surface area contributed by atoms with Gasteiger partial charge < -0.3 is 9.52 Å². The van der Waals surface area contributed by atoms with Gasteiger partial charge in [0.25, 0.3) is 0 Å². The summed E-state index contributed by atoms with van der Waals surface area (Å²) in [6.45, 7) is 0. The molecule has 1 N–H and O–H groups in total. The third-order valence-electron chi connectivity index (χ3n) is 9.80. The smallest absolute Gasteiger partial charge is 0.164 e. The molecule has 0 saturated heterocycles. The van der Waals surface area contributed by atoms with Gasteiger partial charge in [-0.3, -0.25) is 0 Å². The molecule has 52 heavy (non-hydrogen) atoms. The molecule has 0 saturated carbocycles. The van der Waals surface area contributed by atoms with Gasteiger partial charge in [0, 0.05) is 38.6 Å². The van der Waals surface area contributed by atoms with Crippen LogP contribution in [-0.2, 0) is 0 Å². The second-order valence-corrected chi connectivity index (χ2v) is 13.0. The van der Waals surface area contributed by atoms with Crippen molar-refractivity contribution in [2.75, 3.05) is 0 Å². The maximum Gasteiger partial charge on any atom is 0.164 e. The fraction of sp³-hybridized carbons (Fsp3) is 0. The SMILES string of the molecule is Oc1cccc(-c2nc(-c3ccc4ccccc4c3)nc(-c3ccc4ccccc4c3)n2)c1-c1cccc(-c2cccc3c2oc2ccccc23)c1. The van der Waals surface area contributed by atoms with Gasteiger partial charge in [0.05, 0.1) is 0 Å². The van der Waals surface area contributed by atoms with E-state index in [1.54, 1.807) is 6.07 Å². The molecule has 0 fully saturated rings. The summed E-state index contributed by atoms with van der Waals surface area (Å²) in [4.78, 5) is 15.2. The van der Waals surface area contributed by atoms with Crippen molar-refractivity contribution in [2.45, 2.75) is 0 Å². The van der Waals surface area contributed by atoms with Crippen molar-refractivity contribution in [3.8, 4) is 62.2 Å². The van der Waals surface area contributed by atoms with Gasteiger partial charge >= 0.3 is 0 Å². The summed E-state index contributed by atoms with van der Waals surface area (Å²) in [6, 6.07) is 57.1. The highest BCUT2D eigenvalue weighted by Gasteiger charge is 2.20. The highest BCUT2D eigenvalue weighted by Crippen LogP contribution is 2.42. The molecule has 2 heterocycles. The lowest BCUT2D eigenvalue weighted by Crippen LogP contribution is -2.01. The van der Waals surface area contributed by atoms with Gasteiger partial charge in [-0.25, -0.2) is 15.0 Å². The van der Waals surface area contributed by atoms with Crippen LogP contribution in [0.3, 0.4) is 0 Å². The standard InChI is InChI=1S/C47H29N3O2/c51-41-20-9-19-40(43(41)34-15-7-14-33(28-34)37-17-8-18-39-38-16-5-6-21-42(38)52-44(37)39)47-49-45(35-24-22-29-10-1-3-12-31(29)26-35)48-46(50-47)36-25-23-30-11-2-4-13-32(30)27-36/h1-28,51H. The largest absolute Gasteiger partial charge is 0.507 e. The minimum atomic E-state index is 0.136. The molecule has 5 heteroatoms. The first-order valence-electron chi connectivity index (χ1n) is 17.2. The van der Waals surface area contributed by atoms with Crippen molar-refractivity contribution in [2.24, 2.45) is 0 Å². The molecular formula is C47H29N3O2. The second-order valence-electron chi connectivity index (χ2n) is 13.0. The molecule has 0 atom stereocenters. The first kappa shape index (κ1) is 29.8. The van der Waals surface area contributed by atoms with E-state index >= 15 is 0 Å².